The first-order valence-corrected chi connectivity index (χ1v) is 12.4. The third-order valence-corrected chi connectivity index (χ3v) is 5.91. The standard InChI is InChI=1S/C32H25ClN2O4/c1-39-28-9-5-6-22(20-28)12-19-30(36)24-13-17-27(18-14-24)34-32(38)29(21-23-10-15-26(33)16-11-23)35-31(37)25-7-3-2-4-8-25/h2-21H,1H3,(H,34,38)(H,35,37)/b19-12+,29-21-. The van der Waals surface area contributed by atoms with E-state index in [4.69, 9.17) is 16.3 Å². The average Bonchev–Trinajstić information content (AvgIpc) is 2.97. The zero-order valence-electron chi connectivity index (χ0n) is 21.1. The fraction of sp³-hybridized carbons (Fsp3) is 0.0312. The number of nitrogens with one attached hydrogen (secondary N) is 2. The zero-order valence-corrected chi connectivity index (χ0v) is 21.8. The van der Waals surface area contributed by atoms with Crippen LogP contribution in [0.1, 0.15) is 31.8 Å². The van der Waals surface area contributed by atoms with E-state index in [1.165, 1.54) is 6.08 Å². The van der Waals surface area contributed by atoms with Gasteiger partial charge in [-0.25, -0.2) is 0 Å². The number of carbonyl (C=O) groups excluding carboxylic acids is 3. The van der Waals surface area contributed by atoms with Gasteiger partial charge in [-0.3, -0.25) is 14.4 Å². The van der Waals surface area contributed by atoms with Crippen molar-refractivity contribution in [3.05, 3.63) is 142 Å². The Morgan fingerprint density at radius 3 is 2.18 bits per heavy atom. The van der Waals surface area contributed by atoms with Gasteiger partial charge in [-0.15, -0.1) is 0 Å². The lowest BCUT2D eigenvalue weighted by atomic mass is 10.1. The number of hydrogen-bond donors (Lipinski definition) is 2. The van der Waals surface area contributed by atoms with Gasteiger partial charge in [-0.2, -0.15) is 0 Å². The average molecular weight is 537 g/mol. The molecule has 2 amide bonds. The molecule has 39 heavy (non-hydrogen) atoms. The largest absolute Gasteiger partial charge is 0.497 e. The Bertz CT molecular complexity index is 1530. The van der Waals surface area contributed by atoms with Gasteiger partial charge in [0.2, 0.25) is 0 Å². The van der Waals surface area contributed by atoms with Crippen LogP contribution < -0.4 is 15.4 Å². The van der Waals surface area contributed by atoms with E-state index in [0.29, 0.717) is 33.1 Å². The maximum atomic E-state index is 13.2. The minimum atomic E-state index is -0.522. The van der Waals surface area contributed by atoms with Crippen molar-refractivity contribution in [3.8, 4) is 5.75 Å². The van der Waals surface area contributed by atoms with Gasteiger partial charge in [0.1, 0.15) is 11.4 Å². The summed E-state index contributed by atoms with van der Waals surface area (Å²) in [5, 5.41) is 6.02. The van der Waals surface area contributed by atoms with Crippen molar-refractivity contribution in [2.75, 3.05) is 12.4 Å². The molecule has 0 spiro atoms. The smallest absolute Gasteiger partial charge is 0.272 e. The van der Waals surface area contributed by atoms with E-state index >= 15 is 0 Å². The van der Waals surface area contributed by atoms with Gasteiger partial charge in [-0.05, 0) is 83.9 Å². The van der Waals surface area contributed by atoms with Crippen LogP contribution >= 0.6 is 11.6 Å². The summed E-state index contributed by atoms with van der Waals surface area (Å²) in [6, 6.07) is 29.4. The Balaban J connectivity index is 1.48. The van der Waals surface area contributed by atoms with Crippen molar-refractivity contribution in [2.24, 2.45) is 0 Å². The number of anilines is 1. The highest BCUT2D eigenvalue weighted by Gasteiger charge is 2.15. The normalized spacial score (nSPS) is 11.2. The number of halogens is 1. The summed E-state index contributed by atoms with van der Waals surface area (Å²) in [7, 11) is 1.59. The first-order valence-electron chi connectivity index (χ1n) is 12.0. The van der Waals surface area contributed by atoms with Gasteiger partial charge >= 0.3 is 0 Å². The number of ether oxygens (including phenoxy) is 1. The molecule has 7 heteroatoms. The van der Waals surface area contributed by atoms with Gasteiger partial charge < -0.3 is 15.4 Å². The fourth-order valence-electron chi connectivity index (χ4n) is 3.60. The van der Waals surface area contributed by atoms with Gasteiger partial charge in [0, 0.05) is 21.8 Å². The van der Waals surface area contributed by atoms with E-state index < -0.39 is 11.8 Å². The summed E-state index contributed by atoms with van der Waals surface area (Å²) in [4.78, 5) is 38.6. The Labute approximate surface area is 231 Å². The highest BCUT2D eigenvalue weighted by molar-refractivity contribution is 6.30. The molecule has 0 heterocycles. The third kappa shape index (κ3) is 7.77. The number of carbonyl (C=O) groups is 3. The van der Waals surface area contributed by atoms with Crippen LogP contribution in [0.2, 0.25) is 5.02 Å². The summed E-state index contributed by atoms with van der Waals surface area (Å²) >= 11 is 5.98. The molecular weight excluding hydrogens is 512 g/mol. The molecular formula is C32H25ClN2O4. The number of allylic oxidation sites excluding steroid dienone is 1. The van der Waals surface area contributed by atoms with Crippen LogP contribution in [0, 0.1) is 0 Å². The van der Waals surface area contributed by atoms with Crippen molar-refractivity contribution < 1.29 is 19.1 Å². The number of methoxy groups -OCH3 is 1. The third-order valence-electron chi connectivity index (χ3n) is 5.66. The van der Waals surface area contributed by atoms with Crippen LogP contribution in [-0.2, 0) is 4.79 Å². The van der Waals surface area contributed by atoms with Crippen LogP contribution in [0.3, 0.4) is 0 Å². The van der Waals surface area contributed by atoms with Crippen LogP contribution in [0.4, 0.5) is 5.69 Å². The van der Waals surface area contributed by atoms with Crippen LogP contribution in [-0.4, -0.2) is 24.7 Å². The predicted octanol–water partition coefficient (Wildman–Crippen LogP) is 6.65. The van der Waals surface area contributed by atoms with E-state index in [2.05, 4.69) is 10.6 Å². The molecule has 0 radical (unpaired) electrons. The molecule has 0 atom stereocenters. The van der Waals surface area contributed by atoms with Crippen LogP contribution in [0.5, 0.6) is 5.75 Å². The highest BCUT2D eigenvalue weighted by Crippen LogP contribution is 2.17. The number of ketones is 1. The van der Waals surface area contributed by atoms with E-state index in [-0.39, 0.29) is 11.5 Å². The number of rotatable bonds is 9. The molecule has 0 aliphatic carbocycles. The Kier molecular flexibility index (Phi) is 9.06. The summed E-state index contributed by atoms with van der Waals surface area (Å²) < 4.78 is 5.20. The summed E-state index contributed by atoms with van der Waals surface area (Å²) in [5.74, 6) is -0.427. The monoisotopic (exact) mass is 536 g/mol. The van der Waals surface area contributed by atoms with Gasteiger partial charge in [0.05, 0.1) is 7.11 Å². The summed E-state index contributed by atoms with van der Waals surface area (Å²) in [5.41, 5.74) is 2.90. The maximum Gasteiger partial charge on any atom is 0.272 e. The van der Waals surface area contributed by atoms with Gasteiger partial charge in [-0.1, -0.05) is 60.1 Å². The molecule has 2 N–H and O–H groups in total. The maximum absolute atomic E-state index is 13.2. The molecule has 4 rings (SSSR count). The number of amides is 2. The molecule has 0 unspecified atom stereocenters. The van der Waals surface area contributed by atoms with Crippen LogP contribution in [0.15, 0.2) is 115 Å². The molecule has 4 aromatic carbocycles. The van der Waals surface area contributed by atoms with Crippen molar-refractivity contribution >= 4 is 47.0 Å². The van der Waals surface area contributed by atoms with Gasteiger partial charge in [0.25, 0.3) is 11.8 Å². The minimum Gasteiger partial charge on any atom is -0.497 e. The fourth-order valence-corrected chi connectivity index (χ4v) is 3.72. The molecule has 0 saturated carbocycles. The zero-order chi connectivity index (χ0) is 27.6. The summed E-state index contributed by atoms with van der Waals surface area (Å²) in [6.07, 6.45) is 4.76. The lowest BCUT2D eigenvalue weighted by Gasteiger charge is -2.12. The lowest BCUT2D eigenvalue weighted by Crippen LogP contribution is -2.30. The minimum absolute atomic E-state index is 0.0487. The predicted molar refractivity (Wildman–Crippen MR) is 155 cm³/mol. The van der Waals surface area contributed by atoms with Crippen molar-refractivity contribution in [2.45, 2.75) is 0 Å². The van der Waals surface area contributed by atoms with E-state index in [1.54, 1.807) is 98.1 Å². The highest BCUT2D eigenvalue weighted by atomic mass is 35.5. The first-order chi connectivity index (χ1) is 18.9. The Morgan fingerprint density at radius 2 is 1.49 bits per heavy atom. The van der Waals surface area contributed by atoms with E-state index in [1.807, 2.05) is 24.3 Å². The molecule has 0 fully saturated rings. The molecule has 0 bridgehead atoms. The molecule has 4 aromatic rings. The second kappa shape index (κ2) is 13.0. The first kappa shape index (κ1) is 27.1. The molecule has 6 nitrogen and oxygen atoms in total. The number of hydrogen-bond acceptors (Lipinski definition) is 4. The molecule has 194 valence electrons. The second-order valence-corrected chi connectivity index (χ2v) is 8.87. The quantitative estimate of drug-likeness (QED) is 0.185. The lowest BCUT2D eigenvalue weighted by molar-refractivity contribution is -0.113. The Hall–Kier alpha value is -4.94. The van der Waals surface area contributed by atoms with E-state index in [9.17, 15) is 14.4 Å². The summed E-state index contributed by atoms with van der Waals surface area (Å²) in [6.45, 7) is 0. The molecule has 0 saturated heterocycles. The van der Waals surface area contributed by atoms with Gasteiger partial charge in [0.15, 0.2) is 5.78 Å². The second-order valence-electron chi connectivity index (χ2n) is 8.44. The SMILES string of the molecule is COc1cccc(/C=C/C(=O)c2ccc(NC(=O)/C(=C/c3ccc(Cl)cc3)NC(=O)c3ccccc3)cc2)c1. The van der Waals surface area contributed by atoms with Crippen molar-refractivity contribution in [3.63, 3.8) is 0 Å². The van der Waals surface area contributed by atoms with Crippen molar-refractivity contribution in [1.29, 1.82) is 0 Å². The number of benzene rings is 4. The molecule has 0 aliphatic rings. The Morgan fingerprint density at radius 1 is 0.769 bits per heavy atom. The molecule has 0 aliphatic heterocycles. The van der Waals surface area contributed by atoms with Crippen LogP contribution in [0.25, 0.3) is 12.2 Å². The topological polar surface area (TPSA) is 84.5 Å². The van der Waals surface area contributed by atoms with Crippen molar-refractivity contribution in [1.82, 2.24) is 5.32 Å². The molecule has 0 aromatic heterocycles. The van der Waals surface area contributed by atoms with E-state index in [0.717, 1.165) is 5.56 Å².